The quantitative estimate of drug-likeness (QED) is 0.720. The third kappa shape index (κ3) is 2.38. The van der Waals surface area contributed by atoms with Gasteiger partial charge in [0.1, 0.15) is 16.2 Å². The Morgan fingerprint density at radius 2 is 2.04 bits per heavy atom. The molecule has 8 heteroatoms. The number of aromatic nitrogens is 4. The number of imidazole rings is 1. The van der Waals surface area contributed by atoms with E-state index in [4.69, 9.17) is 0 Å². The van der Waals surface area contributed by atoms with Crippen LogP contribution in [0.2, 0.25) is 0 Å². The van der Waals surface area contributed by atoms with Gasteiger partial charge in [0, 0.05) is 44.6 Å². The molecule has 0 amide bonds. The van der Waals surface area contributed by atoms with Gasteiger partial charge in [-0.3, -0.25) is 4.98 Å². The second-order valence-corrected chi connectivity index (χ2v) is 7.85. The lowest BCUT2D eigenvalue weighted by Crippen LogP contribution is -2.29. The average molecular weight is 343 g/mol. The molecule has 24 heavy (non-hydrogen) atoms. The molecule has 0 aliphatic carbocycles. The highest BCUT2D eigenvalue weighted by Crippen LogP contribution is 2.31. The molecule has 1 aliphatic heterocycles. The normalized spacial score (nSPS) is 19.1. The van der Waals surface area contributed by atoms with Crippen molar-refractivity contribution in [2.75, 3.05) is 13.1 Å². The van der Waals surface area contributed by atoms with E-state index in [-0.39, 0.29) is 10.8 Å². The third-order valence-corrected chi connectivity index (χ3v) is 6.30. The minimum atomic E-state index is -3.50. The summed E-state index contributed by atoms with van der Waals surface area (Å²) in [6.07, 6.45) is 5.44. The van der Waals surface area contributed by atoms with Crippen molar-refractivity contribution in [2.24, 2.45) is 7.05 Å². The van der Waals surface area contributed by atoms with Gasteiger partial charge in [0.15, 0.2) is 5.65 Å². The van der Waals surface area contributed by atoms with E-state index in [1.54, 1.807) is 24.5 Å². The molecule has 1 saturated heterocycles. The highest BCUT2D eigenvalue weighted by molar-refractivity contribution is 7.89. The van der Waals surface area contributed by atoms with Gasteiger partial charge in [0.2, 0.25) is 10.0 Å². The molecule has 1 unspecified atom stereocenters. The number of nitrogens with zero attached hydrogens (tertiary/aromatic N) is 5. The van der Waals surface area contributed by atoms with Crippen molar-refractivity contribution < 1.29 is 8.42 Å². The Hall–Kier alpha value is -2.32. The van der Waals surface area contributed by atoms with Gasteiger partial charge in [0.25, 0.3) is 0 Å². The summed E-state index contributed by atoms with van der Waals surface area (Å²) in [5, 5.41) is 0. The van der Waals surface area contributed by atoms with E-state index in [1.807, 2.05) is 23.7 Å². The van der Waals surface area contributed by atoms with Gasteiger partial charge in [-0.25, -0.2) is 18.4 Å². The van der Waals surface area contributed by atoms with Gasteiger partial charge in [-0.1, -0.05) is 0 Å². The molecule has 3 aromatic heterocycles. The molecule has 4 rings (SSSR count). The van der Waals surface area contributed by atoms with Crippen LogP contribution < -0.4 is 0 Å². The Balaban J connectivity index is 1.63. The van der Waals surface area contributed by atoms with Crippen molar-refractivity contribution in [3.63, 3.8) is 0 Å². The smallest absolute Gasteiger partial charge is 0.244 e. The number of hydrogen-bond acceptors (Lipinski definition) is 5. The van der Waals surface area contributed by atoms with E-state index in [0.29, 0.717) is 13.1 Å². The van der Waals surface area contributed by atoms with E-state index in [1.165, 1.54) is 10.5 Å². The highest BCUT2D eigenvalue weighted by Gasteiger charge is 2.35. The average Bonchev–Trinajstić information content (AvgIpc) is 3.22. The molecular formula is C16H17N5O2S. The third-order valence-electron chi connectivity index (χ3n) is 4.45. The Bertz CT molecular complexity index is 984. The van der Waals surface area contributed by atoms with E-state index in [9.17, 15) is 8.42 Å². The van der Waals surface area contributed by atoms with Gasteiger partial charge in [0.05, 0.1) is 0 Å². The summed E-state index contributed by atoms with van der Waals surface area (Å²) in [5.74, 6) is 0.947. The largest absolute Gasteiger partial charge is 0.316 e. The first-order chi connectivity index (χ1) is 11.6. The van der Waals surface area contributed by atoms with Crippen LogP contribution in [0.4, 0.5) is 0 Å². The second-order valence-electron chi connectivity index (χ2n) is 5.91. The minimum absolute atomic E-state index is 0.0654. The number of hydrogen-bond donors (Lipinski definition) is 0. The van der Waals surface area contributed by atoms with Crippen molar-refractivity contribution in [1.82, 2.24) is 23.8 Å². The van der Waals surface area contributed by atoms with E-state index in [0.717, 1.165) is 23.4 Å². The first-order valence-electron chi connectivity index (χ1n) is 7.75. The lowest BCUT2D eigenvalue weighted by Gasteiger charge is -2.16. The maximum absolute atomic E-state index is 12.7. The molecule has 4 heterocycles. The Kier molecular flexibility index (Phi) is 3.58. The molecule has 1 fully saturated rings. The van der Waals surface area contributed by atoms with E-state index >= 15 is 0 Å². The zero-order valence-corrected chi connectivity index (χ0v) is 14.0. The molecular weight excluding hydrogens is 326 g/mol. The van der Waals surface area contributed by atoms with Gasteiger partial charge < -0.3 is 4.57 Å². The Morgan fingerprint density at radius 3 is 2.79 bits per heavy atom. The molecule has 1 atom stereocenters. The van der Waals surface area contributed by atoms with Crippen LogP contribution in [0.25, 0.3) is 11.2 Å². The first-order valence-corrected chi connectivity index (χ1v) is 9.19. The second kappa shape index (κ2) is 5.64. The summed E-state index contributed by atoms with van der Waals surface area (Å²) in [7, 11) is -1.58. The lowest BCUT2D eigenvalue weighted by atomic mass is 10.1. The van der Waals surface area contributed by atoms with E-state index < -0.39 is 10.0 Å². The molecule has 0 saturated carbocycles. The van der Waals surface area contributed by atoms with Crippen LogP contribution >= 0.6 is 0 Å². The van der Waals surface area contributed by atoms with Gasteiger partial charge >= 0.3 is 0 Å². The SMILES string of the molecule is Cn1c(C2CCN(S(=O)(=O)c3cccnc3)C2)nc2cccnc21. The maximum Gasteiger partial charge on any atom is 0.244 e. The van der Waals surface area contributed by atoms with Crippen molar-refractivity contribution >= 4 is 21.2 Å². The van der Waals surface area contributed by atoms with E-state index in [2.05, 4.69) is 15.0 Å². The molecule has 0 radical (unpaired) electrons. The number of aryl methyl sites for hydroxylation is 1. The van der Waals surface area contributed by atoms with Crippen LogP contribution in [0.5, 0.6) is 0 Å². The monoisotopic (exact) mass is 343 g/mol. The molecule has 0 bridgehead atoms. The van der Waals surface area contributed by atoms with Gasteiger partial charge in [-0.05, 0) is 30.7 Å². The summed E-state index contributed by atoms with van der Waals surface area (Å²) in [6, 6.07) is 6.99. The van der Waals surface area contributed by atoms with Crippen molar-refractivity contribution in [2.45, 2.75) is 17.2 Å². The molecule has 7 nitrogen and oxygen atoms in total. The number of sulfonamides is 1. The number of fused-ring (bicyclic) bond motifs is 1. The van der Waals surface area contributed by atoms with Crippen molar-refractivity contribution in [1.29, 1.82) is 0 Å². The number of rotatable bonds is 3. The summed E-state index contributed by atoms with van der Waals surface area (Å²) in [4.78, 5) is 13.1. The number of pyridine rings is 2. The highest BCUT2D eigenvalue weighted by atomic mass is 32.2. The topological polar surface area (TPSA) is 81.0 Å². The van der Waals surface area contributed by atoms with Crippen LogP contribution in [-0.2, 0) is 17.1 Å². The maximum atomic E-state index is 12.7. The Morgan fingerprint density at radius 1 is 1.21 bits per heavy atom. The predicted molar refractivity (Wildman–Crippen MR) is 88.9 cm³/mol. The van der Waals surface area contributed by atoms with Crippen LogP contribution in [0.1, 0.15) is 18.2 Å². The molecule has 0 spiro atoms. The molecule has 0 N–H and O–H groups in total. The van der Waals surface area contributed by atoms with Crippen molar-refractivity contribution in [3.05, 3.63) is 48.7 Å². The van der Waals surface area contributed by atoms with Gasteiger partial charge in [-0.2, -0.15) is 4.31 Å². The standard InChI is InChI=1S/C16H17N5O2S/c1-20-15(19-14-5-3-8-18-16(14)20)12-6-9-21(11-12)24(22,23)13-4-2-7-17-10-13/h2-5,7-8,10,12H,6,9,11H2,1H3. The summed E-state index contributed by atoms with van der Waals surface area (Å²) >= 11 is 0. The fourth-order valence-electron chi connectivity index (χ4n) is 3.21. The minimum Gasteiger partial charge on any atom is -0.316 e. The molecule has 124 valence electrons. The zero-order chi connectivity index (χ0) is 16.7. The van der Waals surface area contributed by atoms with Crippen LogP contribution in [0, 0.1) is 0 Å². The summed E-state index contributed by atoms with van der Waals surface area (Å²) < 4.78 is 28.9. The molecule has 0 aromatic carbocycles. The summed E-state index contributed by atoms with van der Waals surface area (Å²) in [6.45, 7) is 0.910. The fraction of sp³-hybridized carbons (Fsp3) is 0.312. The fourth-order valence-corrected chi connectivity index (χ4v) is 4.68. The van der Waals surface area contributed by atoms with Crippen molar-refractivity contribution in [3.8, 4) is 0 Å². The van der Waals surface area contributed by atoms with Crippen LogP contribution in [0.15, 0.2) is 47.8 Å². The molecule has 1 aliphatic rings. The molecule has 3 aromatic rings. The first kappa shape index (κ1) is 15.2. The summed E-state index contributed by atoms with van der Waals surface area (Å²) in [5.41, 5.74) is 1.66. The Labute approximate surface area is 140 Å². The predicted octanol–water partition coefficient (Wildman–Crippen LogP) is 1.54. The zero-order valence-electron chi connectivity index (χ0n) is 13.2. The lowest BCUT2D eigenvalue weighted by molar-refractivity contribution is 0.470. The van der Waals surface area contributed by atoms with Crippen LogP contribution in [-0.4, -0.2) is 45.3 Å². The van der Waals surface area contributed by atoms with Crippen LogP contribution in [0.3, 0.4) is 0 Å². The van der Waals surface area contributed by atoms with Gasteiger partial charge in [-0.15, -0.1) is 0 Å².